The zero-order valence-corrected chi connectivity index (χ0v) is 16.8. The summed E-state index contributed by atoms with van der Waals surface area (Å²) in [5.74, 6) is 0.671. The largest absolute Gasteiger partial charge is 0.335 e. The maximum Gasteiger partial charge on any atom is 0.158 e. The van der Waals surface area contributed by atoms with E-state index in [1.165, 1.54) is 0 Å². The minimum absolute atomic E-state index is 0.671. The molecule has 8 nitrogen and oxygen atoms in total. The average molecular weight is 416 g/mol. The molecule has 0 radical (unpaired) electrons. The molecule has 0 bridgehead atoms. The highest BCUT2D eigenvalue weighted by Crippen LogP contribution is 2.32. The average Bonchev–Trinajstić information content (AvgIpc) is 3.61. The molecule has 0 saturated carbocycles. The van der Waals surface area contributed by atoms with Gasteiger partial charge in [0.2, 0.25) is 0 Å². The highest BCUT2D eigenvalue weighted by Gasteiger charge is 2.20. The van der Waals surface area contributed by atoms with Crippen molar-refractivity contribution < 1.29 is 0 Å². The molecule has 0 aliphatic rings. The fourth-order valence-electron chi connectivity index (χ4n) is 4.02. The highest BCUT2D eigenvalue weighted by molar-refractivity contribution is 5.79. The van der Waals surface area contributed by atoms with E-state index in [0.717, 1.165) is 45.2 Å². The molecule has 0 aliphatic carbocycles. The van der Waals surface area contributed by atoms with E-state index < -0.39 is 0 Å². The van der Waals surface area contributed by atoms with E-state index in [4.69, 9.17) is 20.2 Å². The molecule has 1 N–H and O–H groups in total. The number of nitrogens with zero attached hydrogens (tertiary/aromatic N) is 7. The quantitative estimate of drug-likeness (QED) is 0.464. The first-order chi connectivity index (χ1) is 15.8. The highest BCUT2D eigenvalue weighted by atomic mass is 15.2. The van der Waals surface area contributed by atoms with E-state index in [9.17, 15) is 0 Å². The van der Waals surface area contributed by atoms with Gasteiger partial charge in [-0.15, -0.1) is 0 Å². The zero-order valence-electron chi connectivity index (χ0n) is 16.8. The number of aromatic amines is 1. The summed E-state index contributed by atoms with van der Waals surface area (Å²) in [6, 6.07) is 22.0. The van der Waals surface area contributed by atoms with Crippen molar-refractivity contribution in [2.45, 2.75) is 0 Å². The molecule has 0 amide bonds. The molecule has 0 atom stereocenters. The van der Waals surface area contributed by atoms with Crippen LogP contribution in [-0.2, 0) is 0 Å². The van der Waals surface area contributed by atoms with Crippen LogP contribution in [0, 0.1) is 0 Å². The van der Waals surface area contributed by atoms with Gasteiger partial charge < -0.3 is 9.38 Å². The molecule has 152 valence electrons. The number of rotatable bonds is 3. The Balaban J connectivity index is 1.46. The van der Waals surface area contributed by atoms with Crippen LogP contribution in [0.3, 0.4) is 0 Å². The van der Waals surface area contributed by atoms with E-state index in [-0.39, 0.29) is 0 Å². The predicted molar refractivity (Wildman–Crippen MR) is 121 cm³/mol. The molecule has 0 aromatic carbocycles. The third-order valence-electron chi connectivity index (χ3n) is 5.57. The van der Waals surface area contributed by atoms with Gasteiger partial charge in [0, 0.05) is 24.8 Å². The molecule has 8 heteroatoms. The minimum Gasteiger partial charge on any atom is -0.335 e. The van der Waals surface area contributed by atoms with Gasteiger partial charge in [-0.2, -0.15) is 10.2 Å². The topological polar surface area (TPSA) is 80.6 Å². The Morgan fingerprint density at radius 2 is 1.47 bits per heavy atom. The number of hydrogen-bond acceptors (Lipinski definition) is 4. The fraction of sp³-hybridized carbons (Fsp3) is 0. The first kappa shape index (κ1) is 17.0. The van der Waals surface area contributed by atoms with E-state index in [2.05, 4.69) is 4.98 Å². The molecule has 7 aromatic heterocycles. The Morgan fingerprint density at radius 3 is 2.41 bits per heavy atom. The zero-order chi connectivity index (χ0) is 21.1. The van der Waals surface area contributed by atoms with Crippen molar-refractivity contribution >= 4 is 16.7 Å². The Morgan fingerprint density at radius 1 is 0.656 bits per heavy atom. The number of H-pyrrole nitrogens is 1. The lowest BCUT2D eigenvalue weighted by Gasteiger charge is -2.01. The minimum atomic E-state index is 0.671. The molecule has 0 fully saturated rings. The summed E-state index contributed by atoms with van der Waals surface area (Å²) in [6.07, 6.45) is 7.80. The van der Waals surface area contributed by atoms with Crippen LogP contribution < -0.4 is 0 Å². The molecular formula is C24H16N8. The first-order valence-corrected chi connectivity index (χ1v) is 10.3. The maximum absolute atomic E-state index is 4.93. The Labute approximate surface area is 181 Å². The summed E-state index contributed by atoms with van der Waals surface area (Å²) in [5.41, 5.74) is 6.74. The third kappa shape index (κ3) is 2.56. The lowest BCUT2D eigenvalue weighted by Crippen LogP contribution is -1.94. The number of imidazole rings is 2. The van der Waals surface area contributed by atoms with Crippen molar-refractivity contribution in [1.29, 1.82) is 0 Å². The lowest BCUT2D eigenvalue weighted by atomic mass is 10.2. The van der Waals surface area contributed by atoms with Gasteiger partial charge in [0.15, 0.2) is 5.82 Å². The smallest absolute Gasteiger partial charge is 0.158 e. The third-order valence-corrected chi connectivity index (χ3v) is 5.57. The monoisotopic (exact) mass is 416 g/mol. The van der Waals surface area contributed by atoms with Gasteiger partial charge in [-0.1, -0.05) is 12.1 Å². The Bertz CT molecular complexity index is 1660. The number of pyridine rings is 2. The molecule has 32 heavy (non-hydrogen) atoms. The maximum atomic E-state index is 4.93. The van der Waals surface area contributed by atoms with Crippen LogP contribution >= 0.6 is 0 Å². The lowest BCUT2D eigenvalue weighted by molar-refractivity contribution is 0.943. The van der Waals surface area contributed by atoms with Crippen LogP contribution in [0.15, 0.2) is 91.5 Å². The van der Waals surface area contributed by atoms with Crippen molar-refractivity contribution in [2.24, 2.45) is 0 Å². The van der Waals surface area contributed by atoms with E-state index in [1.807, 2.05) is 105 Å². The van der Waals surface area contributed by atoms with Gasteiger partial charge >= 0.3 is 0 Å². The van der Waals surface area contributed by atoms with Crippen molar-refractivity contribution in [3.63, 3.8) is 0 Å². The number of hydrogen-bond donors (Lipinski definition) is 1. The van der Waals surface area contributed by atoms with Crippen LogP contribution in [-0.4, -0.2) is 38.6 Å². The summed E-state index contributed by atoms with van der Waals surface area (Å²) in [7, 11) is 0. The normalized spacial score (nSPS) is 11.8. The van der Waals surface area contributed by atoms with E-state index in [0.29, 0.717) is 5.82 Å². The molecule has 7 aromatic rings. The summed E-state index contributed by atoms with van der Waals surface area (Å²) in [5, 5.41) is 9.53. The molecule has 0 spiro atoms. The van der Waals surface area contributed by atoms with Crippen LogP contribution in [0.1, 0.15) is 0 Å². The Hall–Kier alpha value is -4.72. The standard InChI is InChI=1S/C24H16N8/c1-4-12-32-17(6-1)14-19(29-32)23-22(18-10-9-16-7-5-13-31(16)28-18)26-24(27-23)20-15-30-11-3-2-8-21(30)25-20/h1-15H,(H,26,27). The predicted octanol–water partition coefficient (Wildman–Crippen LogP) is 4.35. The van der Waals surface area contributed by atoms with Gasteiger partial charge in [-0.3, -0.25) is 0 Å². The van der Waals surface area contributed by atoms with Crippen molar-refractivity contribution in [2.75, 3.05) is 0 Å². The van der Waals surface area contributed by atoms with Crippen LogP contribution in [0.25, 0.3) is 51.0 Å². The first-order valence-electron chi connectivity index (χ1n) is 10.3. The Kier molecular flexibility index (Phi) is 3.40. The van der Waals surface area contributed by atoms with Gasteiger partial charge in [0.25, 0.3) is 0 Å². The van der Waals surface area contributed by atoms with Gasteiger partial charge in [-0.05, 0) is 54.6 Å². The molecule has 7 heterocycles. The number of nitrogens with one attached hydrogen (secondary N) is 1. The second-order valence-corrected chi connectivity index (χ2v) is 7.60. The summed E-state index contributed by atoms with van der Waals surface area (Å²) in [4.78, 5) is 13.1. The molecular weight excluding hydrogens is 400 g/mol. The fourth-order valence-corrected chi connectivity index (χ4v) is 4.02. The van der Waals surface area contributed by atoms with Crippen molar-refractivity contribution in [3.8, 4) is 34.3 Å². The SMILES string of the molecule is c1ccn2cc(-c3nc(-c4cc5ccccn5n4)c(-c4ccc5cccn5n4)[nH]3)nc2c1. The molecule has 0 aliphatic heterocycles. The van der Waals surface area contributed by atoms with Gasteiger partial charge in [0.1, 0.15) is 28.4 Å². The van der Waals surface area contributed by atoms with Crippen molar-refractivity contribution in [3.05, 3.63) is 91.5 Å². The van der Waals surface area contributed by atoms with E-state index >= 15 is 0 Å². The molecule has 0 unspecified atom stereocenters. The second kappa shape index (κ2) is 6.39. The molecule has 0 saturated heterocycles. The van der Waals surface area contributed by atoms with Crippen LogP contribution in [0.5, 0.6) is 0 Å². The number of aromatic nitrogens is 8. The van der Waals surface area contributed by atoms with E-state index in [1.54, 1.807) is 0 Å². The summed E-state index contributed by atoms with van der Waals surface area (Å²) >= 11 is 0. The van der Waals surface area contributed by atoms with Crippen LogP contribution in [0.2, 0.25) is 0 Å². The van der Waals surface area contributed by atoms with Crippen molar-refractivity contribution in [1.82, 2.24) is 38.6 Å². The van der Waals surface area contributed by atoms with Gasteiger partial charge in [0.05, 0.1) is 16.7 Å². The second-order valence-electron chi connectivity index (χ2n) is 7.60. The van der Waals surface area contributed by atoms with Gasteiger partial charge in [-0.25, -0.2) is 19.0 Å². The summed E-state index contributed by atoms with van der Waals surface area (Å²) < 4.78 is 5.68. The number of fused-ring (bicyclic) bond motifs is 3. The van der Waals surface area contributed by atoms with Crippen LogP contribution in [0.4, 0.5) is 0 Å². The molecule has 7 rings (SSSR count). The summed E-state index contributed by atoms with van der Waals surface area (Å²) in [6.45, 7) is 0.